The number of anilines is 1. The van der Waals surface area contributed by atoms with E-state index in [0.717, 1.165) is 22.2 Å². The number of hydrogen-bond acceptors (Lipinski definition) is 5. The lowest BCUT2D eigenvalue weighted by molar-refractivity contribution is 0.102. The Hall–Kier alpha value is -3.19. The minimum Gasteiger partial charge on any atom is -0.495 e. The lowest BCUT2D eigenvalue weighted by Gasteiger charge is -2.13. The normalized spacial score (nSPS) is 11.3. The number of pyridine rings is 1. The van der Waals surface area contributed by atoms with E-state index in [-0.39, 0.29) is 11.9 Å². The van der Waals surface area contributed by atoms with E-state index in [9.17, 15) is 4.79 Å². The zero-order chi connectivity index (χ0) is 22.3. The van der Waals surface area contributed by atoms with E-state index in [0.29, 0.717) is 22.6 Å². The van der Waals surface area contributed by atoms with E-state index < -0.39 is 0 Å². The van der Waals surface area contributed by atoms with Crippen LogP contribution in [0.2, 0.25) is 0 Å². The van der Waals surface area contributed by atoms with Crippen molar-refractivity contribution in [3.8, 4) is 17.0 Å². The third kappa shape index (κ3) is 3.93. The molecule has 1 N–H and O–H groups in total. The highest BCUT2D eigenvalue weighted by molar-refractivity contribution is 7.12. The van der Waals surface area contributed by atoms with Crippen LogP contribution < -0.4 is 10.1 Å². The van der Waals surface area contributed by atoms with Crippen molar-refractivity contribution in [2.45, 2.75) is 40.7 Å². The van der Waals surface area contributed by atoms with Crippen LogP contribution >= 0.6 is 11.3 Å². The van der Waals surface area contributed by atoms with Gasteiger partial charge in [-0.1, -0.05) is 6.07 Å². The molecule has 7 heteroatoms. The van der Waals surface area contributed by atoms with Gasteiger partial charge in [0.05, 0.1) is 35.6 Å². The molecule has 1 aromatic carbocycles. The van der Waals surface area contributed by atoms with Crippen LogP contribution in [0.3, 0.4) is 0 Å². The number of methoxy groups -OCH3 is 1. The zero-order valence-electron chi connectivity index (χ0n) is 18.6. The molecule has 3 aromatic heterocycles. The summed E-state index contributed by atoms with van der Waals surface area (Å²) in [4.78, 5) is 20.7. The van der Waals surface area contributed by atoms with Crippen LogP contribution in [0.4, 0.5) is 5.69 Å². The van der Waals surface area contributed by atoms with Crippen LogP contribution in [0.5, 0.6) is 5.75 Å². The predicted octanol–water partition coefficient (Wildman–Crippen LogP) is 5.93. The first-order valence-corrected chi connectivity index (χ1v) is 11.0. The van der Waals surface area contributed by atoms with Crippen LogP contribution in [0.1, 0.15) is 45.6 Å². The van der Waals surface area contributed by atoms with Crippen molar-refractivity contribution in [2.75, 3.05) is 12.4 Å². The summed E-state index contributed by atoms with van der Waals surface area (Å²) in [6, 6.07) is 9.81. The zero-order valence-corrected chi connectivity index (χ0v) is 19.4. The Labute approximate surface area is 185 Å². The van der Waals surface area contributed by atoms with Crippen LogP contribution in [-0.4, -0.2) is 27.8 Å². The highest BCUT2D eigenvalue weighted by Crippen LogP contribution is 2.33. The number of amides is 1. The van der Waals surface area contributed by atoms with Crippen LogP contribution in [0, 0.1) is 20.8 Å². The van der Waals surface area contributed by atoms with Gasteiger partial charge in [0.2, 0.25) is 0 Å². The second-order valence-electron chi connectivity index (χ2n) is 7.96. The molecule has 0 aliphatic heterocycles. The standard InChI is InChI=1S/C24H26N4O2S/c1-13(2)28-23-19(12-25-28)18(11-20(26-23)17-10-15(4)31-16(17)5)24(29)27-21-9-14(3)7-8-22(21)30-6/h7-13H,1-6H3,(H,27,29). The van der Waals surface area contributed by atoms with E-state index in [1.165, 1.54) is 9.75 Å². The van der Waals surface area contributed by atoms with Crippen molar-refractivity contribution >= 4 is 34.0 Å². The van der Waals surface area contributed by atoms with Crippen LogP contribution in [0.25, 0.3) is 22.3 Å². The van der Waals surface area contributed by atoms with Gasteiger partial charge in [-0.05, 0) is 64.4 Å². The van der Waals surface area contributed by atoms with Gasteiger partial charge in [0.15, 0.2) is 5.65 Å². The van der Waals surface area contributed by atoms with E-state index in [4.69, 9.17) is 9.72 Å². The molecule has 0 unspecified atom stereocenters. The van der Waals surface area contributed by atoms with Gasteiger partial charge >= 0.3 is 0 Å². The number of benzene rings is 1. The molecule has 3 heterocycles. The molecule has 0 aliphatic carbocycles. The number of carbonyl (C=O) groups is 1. The second-order valence-corrected chi connectivity index (χ2v) is 9.42. The van der Waals surface area contributed by atoms with Gasteiger partial charge in [0, 0.05) is 21.4 Å². The summed E-state index contributed by atoms with van der Waals surface area (Å²) in [7, 11) is 1.59. The minimum absolute atomic E-state index is 0.123. The van der Waals surface area contributed by atoms with E-state index in [2.05, 4.69) is 44.2 Å². The number of rotatable bonds is 5. The van der Waals surface area contributed by atoms with Crippen molar-refractivity contribution in [3.63, 3.8) is 0 Å². The number of nitrogens with one attached hydrogen (secondary N) is 1. The van der Waals surface area contributed by atoms with Gasteiger partial charge in [0.25, 0.3) is 5.91 Å². The fraction of sp³-hybridized carbons (Fsp3) is 0.292. The van der Waals surface area contributed by atoms with Crippen LogP contribution in [-0.2, 0) is 0 Å². The average Bonchev–Trinajstić information content (AvgIpc) is 3.29. The van der Waals surface area contributed by atoms with Gasteiger partial charge in [-0.2, -0.15) is 5.10 Å². The second kappa shape index (κ2) is 8.15. The predicted molar refractivity (Wildman–Crippen MR) is 126 cm³/mol. The molecular formula is C24H26N4O2S. The molecule has 0 bridgehead atoms. The lowest BCUT2D eigenvalue weighted by atomic mass is 10.1. The quantitative estimate of drug-likeness (QED) is 0.423. The van der Waals surface area contributed by atoms with Crippen molar-refractivity contribution in [1.82, 2.24) is 14.8 Å². The summed E-state index contributed by atoms with van der Waals surface area (Å²) in [5.41, 5.74) is 4.74. The Morgan fingerprint density at radius 2 is 1.94 bits per heavy atom. The number of fused-ring (bicyclic) bond motifs is 1. The number of hydrogen-bond donors (Lipinski definition) is 1. The molecular weight excluding hydrogens is 408 g/mol. The van der Waals surface area contributed by atoms with Crippen molar-refractivity contribution in [3.05, 3.63) is 57.4 Å². The first-order chi connectivity index (χ1) is 14.8. The fourth-order valence-electron chi connectivity index (χ4n) is 3.72. The highest BCUT2D eigenvalue weighted by Gasteiger charge is 2.20. The molecule has 0 saturated heterocycles. The summed E-state index contributed by atoms with van der Waals surface area (Å²) in [5, 5.41) is 8.26. The Morgan fingerprint density at radius 1 is 1.16 bits per heavy atom. The third-order valence-electron chi connectivity index (χ3n) is 5.22. The Bertz CT molecular complexity index is 1290. The van der Waals surface area contributed by atoms with Gasteiger partial charge in [-0.3, -0.25) is 4.79 Å². The number of thiophene rings is 1. The van der Waals surface area contributed by atoms with Crippen molar-refractivity contribution in [1.29, 1.82) is 0 Å². The highest BCUT2D eigenvalue weighted by atomic mass is 32.1. The molecule has 1 amide bonds. The molecule has 4 rings (SSSR count). The number of carbonyl (C=O) groups excluding carboxylic acids is 1. The molecule has 0 aliphatic rings. The largest absolute Gasteiger partial charge is 0.495 e. The molecule has 0 fully saturated rings. The summed E-state index contributed by atoms with van der Waals surface area (Å²) in [6.07, 6.45) is 1.72. The van der Waals surface area contributed by atoms with E-state index in [1.54, 1.807) is 24.6 Å². The summed E-state index contributed by atoms with van der Waals surface area (Å²) in [6.45, 7) is 10.2. The van der Waals surface area contributed by atoms with Gasteiger partial charge in [-0.15, -0.1) is 11.3 Å². The molecule has 0 radical (unpaired) electrons. The molecule has 4 aromatic rings. The molecule has 6 nitrogen and oxygen atoms in total. The Morgan fingerprint density at radius 3 is 2.58 bits per heavy atom. The third-order valence-corrected chi connectivity index (χ3v) is 6.19. The Balaban J connectivity index is 1.87. The minimum atomic E-state index is -0.217. The lowest BCUT2D eigenvalue weighted by Crippen LogP contribution is -2.14. The maximum absolute atomic E-state index is 13.4. The summed E-state index contributed by atoms with van der Waals surface area (Å²) < 4.78 is 7.29. The average molecular weight is 435 g/mol. The van der Waals surface area contributed by atoms with Crippen molar-refractivity contribution < 1.29 is 9.53 Å². The van der Waals surface area contributed by atoms with Gasteiger partial charge < -0.3 is 10.1 Å². The SMILES string of the molecule is COc1ccc(C)cc1NC(=O)c1cc(-c2cc(C)sc2C)nc2c1cnn2C(C)C. The summed E-state index contributed by atoms with van der Waals surface area (Å²) in [5.74, 6) is 0.400. The monoisotopic (exact) mass is 434 g/mol. The summed E-state index contributed by atoms with van der Waals surface area (Å²) >= 11 is 1.73. The maximum atomic E-state index is 13.4. The van der Waals surface area contributed by atoms with Crippen molar-refractivity contribution in [2.24, 2.45) is 0 Å². The molecule has 0 atom stereocenters. The van der Waals surface area contributed by atoms with Crippen LogP contribution in [0.15, 0.2) is 36.5 Å². The topological polar surface area (TPSA) is 69.0 Å². The Kier molecular flexibility index (Phi) is 5.54. The number of nitrogens with zero attached hydrogens (tertiary/aromatic N) is 3. The fourth-order valence-corrected chi connectivity index (χ4v) is 4.65. The maximum Gasteiger partial charge on any atom is 0.256 e. The van der Waals surface area contributed by atoms with Gasteiger partial charge in [0.1, 0.15) is 5.75 Å². The number of aromatic nitrogens is 3. The molecule has 0 spiro atoms. The first-order valence-electron chi connectivity index (χ1n) is 10.2. The first kappa shape index (κ1) is 21.1. The molecule has 31 heavy (non-hydrogen) atoms. The van der Waals surface area contributed by atoms with E-state index >= 15 is 0 Å². The smallest absolute Gasteiger partial charge is 0.256 e. The molecule has 160 valence electrons. The molecule has 0 saturated carbocycles. The van der Waals surface area contributed by atoms with E-state index in [1.807, 2.05) is 35.9 Å². The number of ether oxygens (including phenoxy) is 1. The number of aryl methyl sites for hydroxylation is 3. The van der Waals surface area contributed by atoms with Gasteiger partial charge in [-0.25, -0.2) is 9.67 Å².